The van der Waals surface area contributed by atoms with Crippen LogP contribution in [-0.4, -0.2) is 45.8 Å². The lowest BCUT2D eigenvalue weighted by Gasteiger charge is -2.22. The highest BCUT2D eigenvalue weighted by molar-refractivity contribution is 7.46. The average molecular weight is 551 g/mol. The largest absolute Gasteiger partial charge is 0.471 e. The molecule has 0 spiro atoms. The van der Waals surface area contributed by atoms with E-state index in [1.54, 1.807) is 19.1 Å². The number of carbonyl (C=O) groups excluding carboxylic acids is 3. The molecule has 0 aliphatic carbocycles. The highest BCUT2D eigenvalue weighted by Crippen LogP contribution is 2.36. The molecule has 1 aromatic heterocycles. The molecule has 0 saturated carbocycles. The highest BCUT2D eigenvalue weighted by atomic mass is 32.1. The molecule has 3 aromatic rings. The van der Waals surface area contributed by atoms with Crippen molar-refractivity contribution in [1.82, 2.24) is 10.3 Å². The molecule has 0 atom stereocenters. The molecule has 0 bridgehead atoms. The number of aromatic nitrogens is 1. The summed E-state index contributed by atoms with van der Waals surface area (Å²) in [5.41, 5.74) is 1.86. The molecular formula is C23H24FN4O7PS. The lowest BCUT2D eigenvalue weighted by atomic mass is 10.2. The van der Waals surface area contributed by atoms with Crippen molar-refractivity contribution in [3.8, 4) is 10.6 Å². The fourth-order valence-electron chi connectivity index (χ4n) is 3.20. The van der Waals surface area contributed by atoms with Crippen molar-refractivity contribution >= 4 is 48.3 Å². The second-order valence-electron chi connectivity index (χ2n) is 7.75. The number of amides is 3. The summed E-state index contributed by atoms with van der Waals surface area (Å²) in [6.07, 6.45) is 0.362. The number of hydrogen-bond donors (Lipinski definition) is 4. The fraction of sp³-hybridized carbons (Fsp3) is 0.217. The quantitative estimate of drug-likeness (QED) is 0.180. The summed E-state index contributed by atoms with van der Waals surface area (Å²) in [6.45, 7) is 2.26. The van der Waals surface area contributed by atoms with Crippen LogP contribution in [0.2, 0.25) is 0 Å². The van der Waals surface area contributed by atoms with Crippen LogP contribution in [0, 0.1) is 12.7 Å². The molecule has 37 heavy (non-hydrogen) atoms. The van der Waals surface area contributed by atoms with Crippen molar-refractivity contribution in [1.29, 1.82) is 0 Å². The number of phosphoric ester groups is 1. The van der Waals surface area contributed by atoms with Crippen molar-refractivity contribution in [2.45, 2.75) is 20.3 Å². The van der Waals surface area contributed by atoms with Gasteiger partial charge in [-0.2, -0.15) is 0 Å². The molecule has 1 heterocycles. The number of aryl methyl sites for hydroxylation is 1. The number of anilines is 2. The Morgan fingerprint density at radius 2 is 1.86 bits per heavy atom. The zero-order valence-electron chi connectivity index (χ0n) is 19.8. The first-order valence-corrected chi connectivity index (χ1v) is 13.2. The van der Waals surface area contributed by atoms with E-state index in [9.17, 15) is 23.3 Å². The molecule has 0 aliphatic rings. The molecule has 14 heteroatoms. The van der Waals surface area contributed by atoms with E-state index in [1.165, 1.54) is 54.7 Å². The summed E-state index contributed by atoms with van der Waals surface area (Å²) < 4.78 is 28.8. The van der Waals surface area contributed by atoms with E-state index < -0.39 is 26.4 Å². The minimum absolute atomic E-state index is 0.0714. The van der Waals surface area contributed by atoms with Gasteiger partial charge in [0.25, 0.3) is 0 Å². The third kappa shape index (κ3) is 8.27. The van der Waals surface area contributed by atoms with Crippen LogP contribution in [0.15, 0.2) is 48.5 Å². The maximum absolute atomic E-state index is 13.2. The Kier molecular flexibility index (Phi) is 9.24. The van der Waals surface area contributed by atoms with Gasteiger partial charge in [0, 0.05) is 41.7 Å². The summed E-state index contributed by atoms with van der Waals surface area (Å²) in [4.78, 5) is 61.0. The predicted octanol–water partition coefficient (Wildman–Crippen LogP) is 2.97. The number of nitrogens with zero attached hydrogens (tertiary/aromatic N) is 2. The summed E-state index contributed by atoms with van der Waals surface area (Å²) in [5.74, 6) is -2.88. The Bertz CT molecular complexity index is 1340. The van der Waals surface area contributed by atoms with Gasteiger partial charge >= 0.3 is 19.6 Å². The van der Waals surface area contributed by atoms with E-state index in [0.717, 1.165) is 21.0 Å². The van der Waals surface area contributed by atoms with Crippen LogP contribution in [0.4, 0.5) is 15.8 Å². The number of carbonyl (C=O) groups is 3. The van der Waals surface area contributed by atoms with Crippen molar-refractivity contribution in [2.75, 3.05) is 23.5 Å². The highest BCUT2D eigenvalue weighted by Gasteiger charge is 2.27. The van der Waals surface area contributed by atoms with Crippen LogP contribution >= 0.6 is 19.2 Å². The number of nitrogens with one attached hydrogen (secondary N) is 2. The maximum Gasteiger partial charge on any atom is 0.471 e. The molecular weight excluding hydrogens is 526 g/mol. The van der Waals surface area contributed by atoms with E-state index in [-0.39, 0.29) is 24.0 Å². The topological polar surface area (TPSA) is 158 Å². The number of benzene rings is 2. The van der Waals surface area contributed by atoms with E-state index in [2.05, 4.69) is 20.1 Å². The molecule has 0 saturated heterocycles. The number of phosphoric acid groups is 1. The minimum atomic E-state index is -4.96. The molecule has 0 unspecified atom stereocenters. The van der Waals surface area contributed by atoms with Gasteiger partial charge < -0.3 is 20.4 Å². The van der Waals surface area contributed by atoms with Crippen molar-refractivity contribution in [2.24, 2.45) is 0 Å². The van der Waals surface area contributed by atoms with Gasteiger partial charge in [-0.05, 0) is 49.4 Å². The zero-order valence-corrected chi connectivity index (χ0v) is 21.5. The SMILES string of the molecule is CC(=O)Nc1cccc(N(COP(=O)(O)O)C(=O)C(=O)NCCc2sc(-c3ccc(F)cc3)nc2C)c1. The molecule has 0 radical (unpaired) electrons. The second kappa shape index (κ2) is 12.2. The standard InChI is InChI=1S/C23H24FN4O7PS/c1-14-20(37-22(26-14)16-6-8-17(24)9-7-16)10-11-25-21(30)23(31)28(13-35-36(32,33)34)19-5-3-4-18(12-19)27-15(2)29/h3-9,12H,10-11,13H2,1-2H3,(H,25,30)(H,27,29)(H2,32,33,34). The van der Waals surface area contributed by atoms with Crippen molar-refractivity contribution < 1.29 is 37.6 Å². The van der Waals surface area contributed by atoms with Crippen LogP contribution in [0.3, 0.4) is 0 Å². The Labute approximate surface area is 215 Å². The Morgan fingerprint density at radius 3 is 2.51 bits per heavy atom. The zero-order chi connectivity index (χ0) is 27.2. The van der Waals surface area contributed by atoms with Crippen molar-refractivity contribution in [3.05, 3.63) is 64.9 Å². The predicted molar refractivity (Wildman–Crippen MR) is 135 cm³/mol. The van der Waals surface area contributed by atoms with E-state index in [0.29, 0.717) is 17.1 Å². The number of thiazole rings is 1. The molecule has 2 aromatic carbocycles. The third-order valence-electron chi connectivity index (χ3n) is 4.89. The third-order valence-corrected chi connectivity index (χ3v) is 6.61. The van der Waals surface area contributed by atoms with Crippen LogP contribution in [0.5, 0.6) is 0 Å². The summed E-state index contributed by atoms with van der Waals surface area (Å²) in [6, 6.07) is 11.7. The van der Waals surface area contributed by atoms with Gasteiger partial charge in [-0.15, -0.1) is 11.3 Å². The first-order valence-electron chi connectivity index (χ1n) is 10.8. The number of hydrogen-bond acceptors (Lipinski definition) is 7. The lowest BCUT2D eigenvalue weighted by Crippen LogP contribution is -2.44. The monoisotopic (exact) mass is 550 g/mol. The summed E-state index contributed by atoms with van der Waals surface area (Å²) in [7, 11) is -4.96. The van der Waals surface area contributed by atoms with Gasteiger partial charge in [0.15, 0.2) is 0 Å². The van der Waals surface area contributed by atoms with E-state index >= 15 is 0 Å². The normalized spacial score (nSPS) is 11.2. The first kappa shape index (κ1) is 28.1. The minimum Gasteiger partial charge on any atom is -0.347 e. The van der Waals surface area contributed by atoms with Gasteiger partial charge in [-0.25, -0.2) is 13.9 Å². The molecule has 4 N–H and O–H groups in total. The van der Waals surface area contributed by atoms with Crippen LogP contribution in [-0.2, 0) is 29.9 Å². The van der Waals surface area contributed by atoms with Gasteiger partial charge in [-0.1, -0.05) is 6.07 Å². The summed E-state index contributed by atoms with van der Waals surface area (Å²) >= 11 is 1.38. The smallest absolute Gasteiger partial charge is 0.347 e. The van der Waals surface area contributed by atoms with Gasteiger partial charge in [0.05, 0.1) is 5.69 Å². The fourth-order valence-corrected chi connectivity index (χ4v) is 4.54. The molecule has 11 nitrogen and oxygen atoms in total. The molecule has 0 aliphatic heterocycles. The van der Waals surface area contributed by atoms with E-state index in [1.807, 2.05) is 0 Å². The van der Waals surface area contributed by atoms with Crippen LogP contribution in [0.1, 0.15) is 17.5 Å². The van der Waals surface area contributed by atoms with Gasteiger partial charge in [0.2, 0.25) is 5.91 Å². The average Bonchev–Trinajstić information content (AvgIpc) is 3.19. The van der Waals surface area contributed by atoms with Gasteiger partial charge in [-0.3, -0.25) is 23.8 Å². The Balaban J connectivity index is 1.68. The molecule has 0 fully saturated rings. The second-order valence-corrected chi connectivity index (χ2v) is 10.1. The maximum atomic E-state index is 13.2. The summed E-state index contributed by atoms with van der Waals surface area (Å²) in [5, 5.41) is 5.70. The lowest BCUT2D eigenvalue weighted by molar-refractivity contribution is -0.138. The molecule has 196 valence electrons. The van der Waals surface area contributed by atoms with Gasteiger partial charge in [0.1, 0.15) is 17.6 Å². The molecule has 3 amide bonds. The van der Waals surface area contributed by atoms with Crippen LogP contribution < -0.4 is 15.5 Å². The van der Waals surface area contributed by atoms with E-state index in [4.69, 9.17) is 9.79 Å². The number of rotatable bonds is 9. The van der Waals surface area contributed by atoms with Crippen molar-refractivity contribution in [3.63, 3.8) is 0 Å². The Hall–Kier alpha value is -3.48. The van der Waals surface area contributed by atoms with Crippen LogP contribution in [0.25, 0.3) is 10.6 Å². The Morgan fingerprint density at radius 1 is 1.16 bits per heavy atom. The number of halogens is 1. The molecule has 3 rings (SSSR count). The first-order chi connectivity index (χ1) is 17.4.